The summed E-state index contributed by atoms with van der Waals surface area (Å²) in [6.07, 6.45) is 0. The third-order valence-electron chi connectivity index (χ3n) is 3.03. The van der Waals surface area contributed by atoms with E-state index in [0.717, 1.165) is 18.7 Å². The molecule has 0 aliphatic heterocycles. The normalized spacial score (nSPS) is 11.2. The highest BCUT2D eigenvalue weighted by Gasteiger charge is 2.11. The number of nitro benzene ring substituents is 1. The van der Waals surface area contributed by atoms with Gasteiger partial charge in [-0.1, -0.05) is 18.2 Å². The van der Waals surface area contributed by atoms with Crippen molar-refractivity contribution < 1.29 is 4.92 Å². The van der Waals surface area contributed by atoms with Gasteiger partial charge in [0, 0.05) is 37.3 Å². The highest BCUT2D eigenvalue weighted by molar-refractivity contribution is 5.39. The lowest BCUT2D eigenvalue weighted by atomic mass is 10.2. The molecule has 1 N–H and O–H groups in total. The standard InChI is InChI=1S/C13H21N3O2/c1-11(2)15(3)9-8-14-10-12-6-4-5-7-13(12)16(17)18/h4-7,11,14H,8-10H2,1-3H3. The van der Waals surface area contributed by atoms with Crippen molar-refractivity contribution >= 4 is 5.69 Å². The average molecular weight is 251 g/mol. The van der Waals surface area contributed by atoms with Crippen molar-refractivity contribution in [2.45, 2.75) is 26.4 Å². The Morgan fingerprint density at radius 3 is 2.67 bits per heavy atom. The molecule has 0 aliphatic carbocycles. The summed E-state index contributed by atoms with van der Waals surface area (Å²) in [5.74, 6) is 0. The summed E-state index contributed by atoms with van der Waals surface area (Å²) < 4.78 is 0. The predicted molar refractivity (Wildman–Crippen MR) is 72.6 cm³/mol. The number of nitrogens with one attached hydrogen (secondary N) is 1. The van der Waals surface area contributed by atoms with Gasteiger partial charge < -0.3 is 10.2 Å². The zero-order valence-corrected chi connectivity index (χ0v) is 11.2. The number of hydrogen-bond donors (Lipinski definition) is 1. The number of hydrogen-bond acceptors (Lipinski definition) is 4. The van der Waals surface area contributed by atoms with Crippen LogP contribution in [0.3, 0.4) is 0 Å². The molecule has 5 heteroatoms. The largest absolute Gasteiger partial charge is 0.311 e. The van der Waals surface area contributed by atoms with Crippen LogP contribution in [-0.4, -0.2) is 36.0 Å². The zero-order valence-electron chi connectivity index (χ0n) is 11.2. The van der Waals surface area contributed by atoms with Gasteiger partial charge in [-0.2, -0.15) is 0 Å². The van der Waals surface area contributed by atoms with Crippen LogP contribution in [-0.2, 0) is 6.54 Å². The van der Waals surface area contributed by atoms with Crippen LogP contribution in [0.4, 0.5) is 5.69 Å². The molecule has 5 nitrogen and oxygen atoms in total. The smallest absolute Gasteiger partial charge is 0.273 e. The molecular formula is C13H21N3O2. The molecule has 0 spiro atoms. The minimum Gasteiger partial charge on any atom is -0.311 e. The fraction of sp³-hybridized carbons (Fsp3) is 0.538. The SMILES string of the molecule is CC(C)N(C)CCNCc1ccccc1[N+](=O)[O-]. The minimum absolute atomic E-state index is 0.183. The van der Waals surface area contributed by atoms with Crippen LogP contribution in [0.25, 0.3) is 0 Å². The van der Waals surface area contributed by atoms with Crippen LogP contribution in [0.15, 0.2) is 24.3 Å². The van der Waals surface area contributed by atoms with Gasteiger partial charge in [0.25, 0.3) is 5.69 Å². The molecular weight excluding hydrogens is 230 g/mol. The van der Waals surface area contributed by atoms with Gasteiger partial charge in [0.1, 0.15) is 0 Å². The van der Waals surface area contributed by atoms with Crippen LogP contribution in [0.5, 0.6) is 0 Å². The second-order valence-corrected chi connectivity index (χ2v) is 4.64. The molecule has 100 valence electrons. The van der Waals surface area contributed by atoms with E-state index in [-0.39, 0.29) is 10.6 Å². The molecule has 0 aliphatic rings. The van der Waals surface area contributed by atoms with Crippen molar-refractivity contribution in [3.63, 3.8) is 0 Å². The quantitative estimate of drug-likeness (QED) is 0.457. The van der Waals surface area contributed by atoms with Crippen molar-refractivity contribution in [3.8, 4) is 0 Å². The van der Waals surface area contributed by atoms with Gasteiger partial charge in [-0.05, 0) is 20.9 Å². The molecule has 0 saturated carbocycles. The van der Waals surface area contributed by atoms with Crippen molar-refractivity contribution in [2.24, 2.45) is 0 Å². The van der Waals surface area contributed by atoms with Crippen LogP contribution in [0.2, 0.25) is 0 Å². The molecule has 0 bridgehead atoms. The first-order valence-electron chi connectivity index (χ1n) is 6.15. The molecule has 1 aromatic carbocycles. The Balaban J connectivity index is 2.42. The molecule has 0 atom stereocenters. The summed E-state index contributed by atoms with van der Waals surface area (Å²) in [5.41, 5.74) is 0.914. The maximum absolute atomic E-state index is 10.8. The summed E-state index contributed by atoms with van der Waals surface area (Å²) in [4.78, 5) is 12.7. The molecule has 0 fully saturated rings. The van der Waals surface area contributed by atoms with E-state index in [0.29, 0.717) is 12.6 Å². The molecule has 18 heavy (non-hydrogen) atoms. The first-order valence-corrected chi connectivity index (χ1v) is 6.15. The monoisotopic (exact) mass is 251 g/mol. The second-order valence-electron chi connectivity index (χ2n) is 4.64. The van der Waals surface area contributed by atoms with Crippen LogP contribution in [0, 0.1) is 10.1 Å². The summed E-state index contributed by atoms with van der Waals surface area (Å²) in [5, 5.41) is 14.1. The Bertz CT molecular complexity index is 394. The Kier molecular flexibility index (Phi) is 5.74. The lowest BCUT2D eigenvalue weighted by Crippen LogP contribution is -2.33. The lowest BCUT2D eigenvalue weighted by molar-refractivity contribution is -0.385. The van der Waals surface area contributed by atoms with E-state index >= 15 is 0 Å². The predicted octanol–water partition coefficient (Wildman–Crippen LogP) is 2.02. The highest BCUT2D eigenvalue weighted by atomic mass is 16.6. The van der Waals surface area contributed by atoms with Crippen molar-refractivity contribution in [2.75, 3.05) is 20.1 Å². The Labute approximate surface area is 108 Å². The van der Waals surface area contributed by atoms with Gasteiger partial charge in [-0.3, -0.25) is 10.1 Å². The fourth-order valence-corrected chi connectivity index (χ4v) is 1.58. The molecule has 1 rings (SSSR count). The summed E-state index contributed by atoms with van der Waals surface area (Å²) in [6.45, 7) is 6.56. The Morgan fingerprint density at radius 2 is 2.06 bits per heavy atom. The first-order chi connectivity index (χ1) is 8.52. The van der Waals surface area contributed by atoms with Crippen molar-refractivity contribution in [1.29, 1.82) is 0 Å². The van der Waals surface area contributed by atoms with E-state index in [1.165, 1.54) is 6.07 Å². The van der Waals surface area contributed by atoms with Gasteiger partial charge in [0.05, 0.1) is 4.92 Å². The number of rotatable bonds is 7. The van der Waals surface area contributed by atoms with Gasteiger partial charge in [-0.15, -0.1) is 0 Å². The van der Waals surface area contributed by atoms with E-state index in [1.807, 2.05) is 6.07 Å². The number of nitrogens with zero attached hydrogens (tertiary/aromatic N) is 2. The minimum atomic E-state index is -0.336. The first kappa shape index (κ1) is 14.6. The lowest BCUT2D eigenvalue weighted by Gasteiger charge is -2.20. The highest BCUT2D eigenvalue weighted by Crippen LogP contribution is 2.16. The Morgan fingerprint density at radius 1 is 1.39 bits per heavy atom. The van der Waals surface area contributed by atoms with Crippen LogP contribution in [0.1, 0.15) is 19.4 Å². The number of benzene rings is 1. The van der Waals surface area contributed by atoms with Gasteiger partial charge in [0.2, 0.25) is 0 Å². The maximum Gasteiger partial charge on any atom is 0.273 e. The second kappa shape index (κ2) is 7.08. The van der Waals surface area contributed by atoms with E-state index in [1.54, 1.807) is 12.1 Å². The van der Waals surface area contributed by atoms with E-state index < -0.39 is 0 Å². The van der Waals surface area contributed by atoms with Crippen molar-refractivity contribution in [1.82, 2.24) is 10.2 Å². The molecule has 0 unspecified atom stereocenters. The molecule has 0 radical (unpaired) electrons. The van der Waals surface area contributed by atoms with Gasteiger partial charge >= 0.3 is 0 Å². The number of likely N-dealkylation sites (N-methyl/N-ethyl adjacent to an activating group) is 1. The molecule has 0 saturated heterocycles. The topological polar surface area (TPSA) is 58.4 Å². The van der Waals surface area contributed by atoms with Crippen molar-refractivity contribution in [3.05, 3.63) is 39.9 Å². The molecule has 0 amide bonds. The number of para-hydroxylation sites is 1. The van der Waals surface area contributed by atoms with E-state index in [4.69, 9.17) is 0 Å². The third kappa shape index (κ3) is 4.43. The fourth-order valence-electron chi connectivity index (χ4n) is 1.58. The van der Waals surface area contributed by atoms with Crippen LogP contribution < -0.4 is 5.32 Å². The summed E-state index contributed by atoms with van der Waals surface area (Å²) >= 11 is 0. The van der Waals surface area contributed by atoms with Gasteiger partial charge in [0.15, 0.2) is 0 Å². The Hall–Kier alpha value is -1.46. The number of nitro groups is 1. The average Bonchev–Trinajstić information content (AvgIpc) is 2.34. The molecule has 1 aromatic rings. The summed E-state index contributed by atoms with van der Waals surface area (Å²) in [6, 6.07) is 7.35. The molecule has 0 heterocycles. The van der Waals surface area contributed by atoms with E-state index in [2.05, 4.69) is 31.1 Å². The van der Waals surface area contributed by atoms with E-state index in [9.17, 15) is 10.1 Å². The zero-order chi connectivity index (χ0) is 13.5. The van der Waals surface area contributed by atoms with Crippen LogP contribution >= 0.6 is 0 Å². The van der Waals surface area contributed by atoms with Gasteiger partial charge in [-0.25, -0.2) is 0 Å². The molecule has 0 aromatic heterocycles. The summed E-state index contributed by atoms with van der Waals surface area (Å²) in [7, 11) is 2.07. The third-order valence-corrected chi connectivity index (χ3v) is 3.03. The maximum atomic E-state index is 10.8.